The highest BCUT2D eigenvalue weighted by atomic mass is 16.7. The SMILES string of the molecule is CC[C@H]1OC(=O)[C@H](C)C(=O)[C@H](C)[C@@H](O[C@@H]2O[C@H](C)C[C@H](N(C)C)[C@H]2O)[C@](C)(OCC=O)C[C@@H](C)C(=O)[C@H](C)[C@H]2NC(=O)O[C@@]21C. The molecule has 256 valence electrons. The van der Waals surface area contributed by atoms with E-state index >= 15 is 0 Å². The molecule has 0 radical (unpaired) electrons. The van der Waals surface area contributed by atoms with Crippen molar-refractivity contribution < 1.29 is 52.8 Å². The monoisotopic (exact) mass is 640 g/mol. The van der Waals surface area contributed by atoms with Crippen LogP contribution in [0.1, 0.15) is 74.7 Å². The van der Waals surface area contributed by atoms with E-state index in [9.17, 15) is 29.1 Å². The maximum absolute atomic E-state index is 14.0. The van der Waals surface area contributed by atoms with Crippen LogP contribution < -0.4 is 5.32 Å². The van der Waals surface area contributed by atoms with Crippen LogP contribution in [0.4, 0.5) is 4.79 Å². The molecule has 0 aromatic heterocycles. The molecule has 3 rings (SSSR count). The number of fused-ring (bicyclic) bond motifs is 1. The van der Waals surface area contributed by atoms with Crippen molar-refractivity contribution in [3.63, 3.8) is 0 Å². The lowest BCUT2D eigenvalue weighted by Gasteiger charge is -2.47. The van der Waals surface area contributed by atoms with Gasteiger partial charge in [0.1, 0.15) is 36.8 Å². The van der Waals surface area contributed by atoms with Crippen molar-refractivity contribution in [2.45, 2.75) is 129 Å². The van der Waals surface area contributed by atoms with E-state index in [0.29, 0.717) is 12.7 Å². The van der Waals surface area contributed by atoms with Gasteiger partial charge in [-0.2, -0.15) is 0 Å². The first-order valence-electron chi connectivity index (χ1n) is 15.9. The minimum Gasteiger partial charge on any atom is -0.458 e. The Morgan fingerprint density at radius 1 is 1.04 bits per heavy atom. The van der Waals surface area contributed by atoms with Gasteiger partial charge in [-0.1, -0.05) is 27.7 Å². The van der Waals surface area contributed by atoms with Crippen LogP contribution in [0.15, 0.2) is 0 Å². The van der Waals surface area contributed by atoms with Crippen LogP contribution >= 0.6 is 0 Å². The number of aliphatic hydroxyl groups excluding tert-OH is 1. The fourth-order valence-corrected chi connectivity index (χ4v) is 7.35. The Morgan fingerprint density at radius 3 is 2.27 bits per heavy atom. The lowest BCUT2D eigenvalue weighted by atomic mass is 9.73. The number of esters is 1. The highest BCUT2D eigenvalue weighted by Gasteiger charge is 2.57. The van der Waals surface area contributed by atoms with Crippen molar-refractivity contribution in [1.82, 2.24) is 10.2 Å². The second kappa shape index (κ2) is 14.5. The van der Waals surface area contributed by atoms with Gasteiger partial charge < -0.3 is 43.8 Å². The van der Waals surface area contributed by atoms with E-state index in [1.807, 2.05) is 25.9 Å². The predicted molar refractivity (Wildman–Crippen MR) is 161 cm³/mol. The number of likely N-dealkylation sites (N-methyl/N-ethyl adjacent to an activating group) is 1. The van der Waals surface area contributed by atoms with Crippen LogP contribution in [-0.4, -0.2) is 115 Å². The van der Waals surface area contributed by atoms with E-state index in [1.54, 1.807) is 41.5 Å². The minimum atomic E-state index is -1.44. The van der Waals surface area contributed by atoms with Crippen molar-refractivity contribution in [2.75, 3.05) is 20.7 Å². The summed E-state index contributed by atoms with van der Waals surface area (Å²) in [5.74, 6) is -5.37. The maximum Gasteiger partial charge on any atom is 0.408 e. The topological polar surface area (TPSA) is 167 Å². The summed E-state index contributed by atoms with van der Waals surface area (Å²) in [6.45, 7) is 12.9. The molecular formula is C32H52N2O11. The average molecular weight is 641 g/mol. The molecular weight excluding hydrogens is 588 g/mol. The Morgan fingerprint density at radius 2 is 1.69 bits per heavy atom. The molecule has 0 unspecified atom stereocenters. The van der Waals surface area contributed by atoms with Crippen LogP contribution in [0.3, 0.4) is 0 Å². The Hall–Kier alpha value is -2.45. The zero-order valence-electron chi connectivity index (χ0n) is 28.2. The molecule has 3 aliphatic rings. The number of hydrogen-bond donors (Lipinski definition) is 2. The fraction of sp³-hybridized carbons (Fsp3) is 0.844. The Kier molecular flexibility index (Phi) is 12.0. The number of Topliss-reactive ketones (excluding diaryl/α,β-unsaturated/α-hetero) is 2. The second-order valence-electron chi connectivity index (χ2n) is 13.7. The fourth-order valence-electron chi connectivity index (χ4n) is 7.35. The van der Waals surface area contributed by atoms with Gasteiger partial charge in [0.05, 0.1) is 23.9 Å². The molecule has 0 aliphatic carbocycles. The molecule has 13 atom stereocenters. The van der Waals surface area contributed by atoms with Gasteiger partial charge in [-0.05, 0) is 61.1 Å². The summed E-state index contributed by atoms with van der Waals surface area (Å²) < 4.78 is 30.1. The number of aldehydes is 1. The molecule has 2 N–H and O–H groups in total. The summed E-state index contributed by atoms with van der Waals surface area (Å²) >= 11 is 0. The van der Waals surface area contributed by atoms with E-state index in [4.69, 9.17) is 23.7 Å². The number of carbonyl (C=O) groups excluding carboxylic acids is 5. The van der Waals surface area contributed by atoms with Gasteiger partial charge >= 0.3 is 12.1 Å². The minimum absolute atomic E-state index is 0.00997. The summed E-state index contributed by atoms with van der Waals surface area (Å²) in [5.41, 5.74) is -2.83. The van der Waals surface area contributed by atoms with Crippen molar-refractivity contribution in [2.24, 2.45) is 23.7 Å². The first-order chi connectivity index (χ1) is 20.9. The van der Waals surface area contributed by atoms with Gasteiger partial charge in [0.15, 0.2) is 17.7 Å². The highest BCUT2D eigenvalue weighted by molar-refractivity contribution is 6.00. The zero-order chi connectivity index (χ0) is 34.0. The van der Waals surface area contributed by atoms with Gasteiger partial charge in [-0.3, -0.25) is 14.4 Å². The van der Waals surface area contributed by atoms with Crippen LogP contribution in [0.5, 0.6) is 0 Å². The number of alkyl carbamates (subject to hydrolysis) is 1. The molecule has 0 spiro atoms. The molecule has 3 heterocycles. The smallest absolute Gasteiger partial charge is 0.408 e. The maximum atomic E-state index is 14.0. The van der Waals surface area contributed by atoms with Gasteiger partial charge in [-0.25, -0.2) is 4.79 Å². The number of aliphatic hydroxyl groups is 1. The van der Waals surface area contributed by atoms with Crippen LogP contribution in [-0.2, 0) is 42.9 Å². The molecule has 3 saturated heterocycles. The lowest BCUT2D eigenvalue weighted by molar-refractivity contribution is -0.296. The first-order valence-corrected chi connectivity index (χ1v) is 15.9. The number of amides is 1. The van der Waals surface area contributed by atoms with Crippen molar-refractivity contribution in [3.05, 3.63) is 0 Å². The summed E-state index contributed by atoms with van der Waals surface area (Å²) in [6, 6.07) is -1.15. The zero-order valence-corrected chi connectivity index (χ0v) is 28.2. The van der Waals surface area contributed by atoms with Gasteiger partial charge in [0, 0.05) is 23.8 Å². The Labute approximate surface area is 266 Å². The molecule has 0 saturated carbocycles. The van der Waals surface area contributed by atoms with Crippen LogP contribution in [0, 0.1) is 23.7 Å². The number of hydrogen-bond acceptors (Lipinski definition) is 12. The van der Waals surface area contributed by atoms with Gasteiger partial charge in [0.2, 0.25) is 0 Å². The number of rotatable bonds is 7. The molecule has 45 heavy (non-hydrogen) atoms. The molecule has 0 aromatic carbocycles. The first kappa shape index (κ1) is 37.0. The highest BCUT2D eigenvalue weighted by Crippen LogP contribution is 2.40. The third-order valence-corrected chi connectivity index (χ3v) is 9.94. The van der Waals surface area contributed by atoms with E-state index in [0.717, 1.165) is 0 Å². The van der Waals surface area contributed by atoms with Crippen LogP contribution in [0.2, 0.25) is 0 Å². The molecule has 13 nitrogen and oxygen atoms in total. The standard InChI is InChI=1S/C32H52N2O11/c1-11-22-32(8)26(33-30(40)45-32)18(4)23(36)16(2)15-31(7,41-13-12-35)27(19(5)24(37)20(6)28(39)43-22)44-29-25(38)21(34(9)10)14-17(3)42-29/h12,16-22,25-27,29,38H,11,13-15H2,1-10H3,(H,33,40)/t16-,17-,18+,19+,20-,21+,22-,25-,26-,27-,29+,31-,32-/m1/s1. The van der Waals surface area contributed by atoms with Crippen LogP contribution in [0.25, 0.3) is 0 Å². The van der Waals surface area contributed by atoms with Gasteiger partial charge in [-0.15, -0.1) is 0 Å². The molecule has 3 fully saturated rings. The summed E-state index contributed by atoms with van der Waals surface area (Å²) in [4.78, 5) is 67.5. The quantitative estimate of drug-likeness (QED) is 0.237. The predicted octanol–water partition coefficient (Wildman–Crippen LogP) is 2.05. The summed E-state index contributed by atoms with van der Waals surface area (Å²) in [6.07, 6.45) is -4.06. The largest absolute Gasteiger partial charge is 0.458 e. The summed E-state index contributed by atoms with van der Waals surface area (Å²) in [7, 11) is 3.67. The lowest BCUT2D eigenvalue weighted by Crippen LogP contribution is -2.60. The second-order valence-corrected chi connectivity index (χ2v) is 13.7. The molecule has 1 amide bonds. The van der Waals surface area contributed by atoms with E-state index in [-0.39, 0.29) is 37.4 Å². The third kappa shape index (κ3) is 7.59. The molecule has 3 aliphatic heterocycles. The number of ether oxygens (including phenoxy) is 5. The number of nitrogens with one attached hydrogen (secondary N) is 1. The Balaban J connectivity index is 2.14. The molecule has 0 bridgehead atoms. The van der Waals surface area contributed by atoms with Crippen molar-refractivity contribution in [1.29, 1.82) is 0 Å². The number of carbonyl (C=O) groups is 5. The van der Waals surface area contributed by atoms with Gasteiger partial charge in [0.25, 0.3) is 0 Å². The molecule has 0 aromatic rings. The van der Waals surface area contributed by atoms with E-state index in [2.05, 4.69) is 5.32 Å². The molecule has 13 heteroatoms. The van der Waals surface area contributed by atoms with E-state index < -0.39 is 83.4 Å². The average Bonchev–Trinajstić information content (AvgIpc) is 3.30. The van der Waals surface area contributed by atoms with E-state index in [1.165, 1.54) is 6.92 Å². The number of ketones is 2. The van der Waals surface area contributed by atoms with Crippen molar-refractivity contribution >= 4 is 29.9 Å². The van der Waals surface area contributed by atoms with Crippen molar-refractivity contribution in [3.8, 4) is 0 Å². The normalized spacial score (nSPS) is 43.6. The third-order valence-electron chi connectivity index (χ3n) is 9.94. The number of nitrogens with zero attached hydrogens (tertiary/aromatic N) is 1. The Bertz CT molecular complexity index is 1120. The number of cyclic esters (lactones) is 1. The summed E-state index contributed by atoms with van der Waals surface area (Å²) in [5, 5.41) is 14.0.